The summed E-state index contributed by atoms with van der Waals surface area (Å²) in [5.41, 5.74) is 24.2. The zero-order valence-electron chi connectivity index (χ0n) is 47.5. The van der Waals surface area contributed by atoms with E-state index in [4.69, 9.17) is 0 Å². The topological polar surface area (TPSA) is 8.17 Å². The van der Waals surface area contributed by atoms with Crippen molar-refractivity contribution in [3.63, 3.8) is 0 Å². The lowest BCUT2D eigenvalue weighted by Crippen LogP contribution is -2.29. The van der Waals surface area contributed by atoms with Crippen LogP contribution in [0.5, 0.6) is 0 Å². The molecule has 0 bridgehead atoms. The highest BCUT2D eigenvalue weighted by Crippen LogP contribution is 2.60. The summed E-state index contributed by atoms with van der Waals surface area (Å²) in [7, 11) is 0. The van der Waals surface area contributed by atoms with E-state index in [1.54, 1.807) is 0 Å². The summed E-state index contributed by atoms with van der Waals surface area (Å²) in [5.74, 6) is 0.587. The SMILES string of the molecule is CCC.CCn1c2ccccc2c2cccc(N(c3cccc(C4=C(C)C=CCC4)c3C)c3cc4c(c5ccccc35)-c3ccc(C)cc3C4(c3ccccc3)c3ccccc3)c21.Cc1ccc(CC(C)c2ccccc2)cc1. The lowest BCUT2D eigenvalue weighted by molar-refractivity contribution is 0.759. The predicted octanol–water partition coefficient (Wildman–Crippen LogP) is 21.3. The van der Waals surface area contributed by atoms with Crippen molar-refractivity contribution in [3.8, 4) is 11.1 Å². The first-order chi connectivity index (χ1) is 38.7. The van der Waals surface area contributed by atoms with Crippen LogP contribution in [0.2, 0.25) is 0 Å². The number of fused-ring (bicyclic) bond motifs is 8. The Morgan fingerprint density at radius 2 is 1.09 bits per heavy atom. The average Bonchev–Trinajstić information content (AvgIpc) is 3.70. The van der Waals surface area contributed by atoms with E-state index in [-0.39, 0.29) is 0 Å². The fourth-order valence-corrected chi connectivity index (χ4v) is 12.9. The number of para-hydroxylation sites is 2. The molecule has 0 aliphatic heterocycles. The Labute approximate surface area is 470 Å². The van der Waals surface area contributed by atoms with Gasteiger partial charge in [0.2, 0.25) is 0 Å². The van der Waals surface area contributed by atoms with Crippen LogP contribution in [-0.2, 0) is 18.4 Å². The van der Waals surface area contributed by atoms with E-state index < -0.39 is 5.41 Å². The van der Waals surface area contributed by atoms with Gasteiger partial charge < -0.3 is 9.47 Å². The van der Waals surface area contributed by atoms with E-state index in [1.807, 2.05) is 0 Å². The summed E-state index contributed by atoms with van der Waals surface area (Å²) < 4.78 is 2.53. The second-order valence-corrected chi connectivity index (χ2v) is 21.9. The first-order valence-electron chi connectivity index (χ1n) is 28.8. The number of hydrogen-bond acceptors (Lipinski definition) is 1. The van der Waals surface area contributed by atoms with Crippen LogP contribution in [-0.4, -0.2) is 4.57 Å². The van der Waals surface area contributed by atoms with E-state index in [9.17, 15) is 0 Å². The van der Waals surface area contributed by atoms with E-state index in [2.05, 4.69) is 301 Å². The third-order valence-electron chi connectivity index (χ3n) is 16.6. The van der Waals surface area contributed by atoms with Crippen molar-refractivity contribution in [3.05, 3.63) is 298 Å². The molecule has 0 radical (unpaired) electrons. The molecule has 1 unspecified atom stereocenters. The fraction of sp³-hybridized carbons (Fsp3) is 0.195. The first kappa shape index (κ1) is 52.6. The zero-order chi connectivity index (χ0) is 54.6. The molecule has 79 heavy (non-hydrogen) atoms. The van der Waals surface area contributed by atoms with Gasteiger partial charge in [0.15, 0.2) is 0 Å². The third-order valence-corrected chi connectivity index (χ3v) is 16.6. The summed E-state index contributed by atoms with van der Waals surface area (Å²) in [6.07, 6.45) is 9.10. The van der Waals surface area contributed by atoms with Gasteiger partial charge in [-0.05, 0) is 156 Å². The molecular weight excluding hydrogens is 953 g/mol. The van der Waals surface area contributed by atoms with Gasteiger partial charge >= 0.3 is 0 Å². The van der Waals surface area contributed by atoms with Crippen LogP contribution in [0.3, 0.4) is 0 Å². The highest BCUT2D eigenvalue weighted by atomic mass is 15.2. The summed E-state index contributed by atoms with van der Waals surface area (Å²) >= 11 is 0. The van der Waals surface area contributed by atoms with Gasteiger partial charge in [-0.3, -0.25) is 0 Å². The molecule has 1 heterocycles. The van der Waals surface area contributed by atoms with Crippen molar-refractivity contribution < 1.29 is 0 Å². The van der Waals surface area contributed by atoms with Gasteiger partial charge in [-0.15, -0.1) is 0 Å². The van der Waals surface area contributed by atoms with Crippen molar-refractivity contribution >= 4 is 55.2 Å². The van der Waals surface area contributed by atoms with E-state index in [0.29, 0.717) is 5.92 Å². The third kappa shape index (κ3) is 9.63. The number of benzene rings is 10. The molecule has 0 fully saturated rings. The summed E-state index contributed by atoms with van der Waals surface area (Å²) in [5, 5.41) is 5.06. The Hall–Kier alpha value is -8.46. The molecule has 0 N–H and O–H groups in total. The molecular formula is C77H74N2. The molecule has 0 spiro atoms. The van der Waals surface area contributed by atoms with E-state index in [1.165, 1.54) is 134 Å². The molecule has 0 amide bonds. The molecule has 0 saturated carbocycles. The second-order valence-electron chi connectivity index (χ2n) is 21.9. The van der Waals surface area contributed by atoms with Crippen LogP contribution in [0.4, 0.5) is 17.1 Å². The van der Waals surface area contributed by atoms with Crippen molar-refractivity contribution in [2.45, 2.75) is 99.0 Å². The monoisotopic (exact) mass is 1030 g/mol. The largest absolute Gasteiger partial charge is 0.339 e. The molecule has 13 rings (SSSR count). The summed E-state index contributed by atoms with van der Waals surface area (Å²) in [6.45, 7) is 18.7. The van der Waals surface area contributed by atoms with Crippen LogP contribution in [0.15, 0.2) is 242 Å². The molecule has 2 heteroatoms. The van der Waals surface area contributed by atoms with Crippen LogP contribution in [0.25, 0.3) is 49.3 Å². The second kappa shape index (κ2) is 22.9. The van der Waals surface area contributed by atoms with Crippen LogP contribution < -0.4 is 4.90 Å². The maximum atomic E-state index is 2.62. The van der Waals surface area contributed by atoms with Gasteiger partial charge in [-0.1, -0.05) is 251 Å². The highest BCUT2D eigenvalue weighted by Gasteiger charge is 2.47. The zero-order valence-corrected chi connectivity index (χ0v) is 47.5. The van der Waals surface area contributed by atoms with Crippen LogP contribution in [0.1, 0.15) is 115 Å². The van der Waals surface area contributed by atoms with Crippen LogP contribution >= 0.6 is 0 Å². The van der Waals surface area contributed by atoms with Crippen LogP contribution in [0, 0.1) is 20.8 Å². The summed E-state index contributed by atoms with van der Waals surface area (Å²) in [6, 6.07) is 83.7. The van der Waals surface area contributed by atoms with E-state index >= 15 is 0 Å². The van der Waals surface area contributed by atoms with Gasteiger partial charge in [0.1, 0.15) is 0 Å². The first-order valence-corrected chi connectivity index (χ1v) is 28.8. The Morgan fingerprint density at radius 1 is 0.506 bits per heavy atom. The molecule has 2 nitrogen and oxygen atoms in total. The minimum absolute atomic E-state index is 0.554. The number of anilines is 3. The fourth-order valence-electron chi connectivity index (χ4n) is 12.9. The smallest absolute Gasteiger partial charge is 0.0736 e. The lowest BCUT2D eigenvalue weighted by Gasteiger charge is -2.36. The number of allylic oxidation sites excluding steroid dienone is 4. The van der Waals surface area contributed by atoms with Crippen molar-refractivity contribution in [2.24, 2.45) is 0 Å². The van der Waals surface area contributed by atoms with Gasteiger partial charge in [0.25, 0.3) is 0 Å². The predicted molar refractivity (Wildman–Crippen MR) is 341 cm³/mol. The number of rotatable bonds is 10. The maximum absolute atomic E-state index is 2.62. The van der Waals surface area contributed by atoms with Gasteiger partial charge in [-0.25, -0.2) is 0 Å². The van der Waals surface area contributed by atoms with Gasteiger partial charge in [-0.2, -0.15) is 0 Å². The Balaban J connectivity index is 0.000000295. The molecule has 11 aromatic rings. The summed E-state index contributed by atoms with van der Waals surface area (Å²) in [4.78, 5) is 2.62. The number of aromatic nitrogens is 1. The molecule has 392 valence electrons. The Kier molecular flexibility index (Phi) is 15.2. The average molecular weight is 1030 g/mol. The minimum atomic E-state index is -0.554. The number of hydrogen-bond donors (Lipinski definition) is 0. The molecule has 2 aliphatic rings. The molecule has 0 saturated heterocycles. The quantitative estimate of drug-likeness (QED) is 0.133. The van der Waals surface area contributed by atoms with Crippen molar-refractivity contribution in [1.82, 2.24) is 4.57 Å². The van der Waals surface area contributed by atoms with Gasteiger partial charge in [0, 0.05) is 33.9 Å². The normalized spacial score (nSPS) is 13.6. The standard InChI is InChI=1S/C58H48N2.C16H18.C3H8/c1-5-59-53-31-17-16-27-46(53)48-30-19-33-54(57(48)59)60(52-32-18-29-44(40(52)4)43-25-13-12-20-39(43)3)55-37-51-56(47-28-15-14-26-45(47)55)49-35-34-38(2)36-50(49)58(51,41-21-8-6-9-22-41)42-23-10-7-11-24-42;1-13-8-10-15(11-9-13)12-14(2)16-6-4-3-5-7-16;1-3-2/h6-12,14-24,26-37H,5,13,25H2,1-4H3;3-11,14H,12H2,1-2H3;3H2,1-2H3. The minimum Gasteiger partial charge on any atom is -0.339 e. The molecule has 1 atom stereocenters. The van der Waals surface area contributed by atoms with Crippen molar-refractivity contribution in [2.75, 3.05) is 4.90 Å². The Morgan fingerprint density at radius 3 is 1.76 bits per heavy atom. The molecule has 2 aliphatic carbocycles. The molecule has 10 aromatic carbocycles. The number of aryl methyl sites for hydroxylation is 3. The maximum Gasteiger partial charge on any atom is 0.0736 e. The van der Waals surface area contributed by atoms with Crippen molar-refractivity contribution in [1.29, 1.82) is 0 Å². The van der Waals surface area contributed by atoms with Gasteiger partial charge in [0.05, 0.1) is 22.3 Å². The highest BCUT2D eigenvalue weighted by molar-refractivity contribution is 6.16. The number of nitrogens with zero attached hydrogens (tertiary/aromatic N) is 2. The molecule has 1 aromatic heterocycles. The lowest BCUT2D eigenvalue weighted by atomic mass is 9.67. The van der Waals surface area contributed by atoms with E-state index in [0.717, 1.165) is 25.8 Å². The Bertz CT molecular complexity index is 3970.